The van der Waals surface area contributed by atoms with Gasteiger partial charge in [-0.25, -0.2) is 15.0 Å². The Labute approximate surface area is 177 Å². The Morgan fingerprint density at radius 2 is 1.87 bits per heavy atom. The molecule has 0 spiro atoms. The fraction of sp³-hybridized carbons (Fsp3) is 0. The number of imidazole rings is 1. The minimum absolute atomic E-state index is 0.237. The average Bonchev–Trinajstić information content (AvgIpc) is 3.30. The number of ether oxygens (including phenoxy) is 1. The fourth-order valence-corrected chi connectivity index (χ4v) is 2.70. The van der Waals surface area contributed by atoms with Gasteiger partial charge >= 0.3 is 0 Å². The molecule has 0 aliphatic heterocycles. The van der Waals surface area contributed by atoms with Crippen LogP contribution in [0.3, 0.4) is 0 Å². The number of anilines is 1. The third-order valence-electron chi connectivity index (χ3n) is 4.04. The minimum atomic E-state index is -0.237. The molecule has 0 saturated heterocycles. The van der Waals surface area contributed by atoms with E-state index in [0.29, 0.717) is 28.2 Å². The molecule has 0 aliphatic carbocycles. The molecule has 1 amide bonds. The second kappa shape index (κ2) is 9.02. The van der Waals surface area contributed by atoms with E-state index < -0.39 is 0 Å². The number of hydrogen-bond donors (Lipinski definition) is 1. The molecule has 2 heterocycles. The molecule has 0 unspecified atom stereocenters. The smallest absolute Gasteiger partial charge is 0.248 e. The van der Waals surface area contributed by atoms with Crippen molar-refractivity contribution in [1.29, 1.82) is 0 Å². The molecular formula is C22H16ClN5O2. The number of rotatable bonds is 6. The van der Waals surface area contributed by atoms with Crippen molar-refractivity contribution in [2.75, 3.05) is 5.32 Å². The lowest BCUT2D eigenvalue weighted by atomic mass is 10.2. The second-order valence-electron chi connectivity index (χ2n) is 6.18. The maximum atomic E-state index is 12.1. The second-order valence-corrected chi connectivity index (χ2v) is 6.62. The molecule has 2 aromatic carbocycles. The first-order valence-electron chi connectivity index (χ1n) is 8.99. The predicted molar refractivity (Wildman–Crippen MR) is 115 cm³/mol. The molecule has 0 radical (unpaired) electrons. The van der Waals surface area contributed by atoms with E-state index in [-0.39, 0.29) is 5.91 Å². The average molecular weight is 418 g/mol. The van der Waals surface area contributed by atoms with Crippen LogP contribution in [0.1, 0.15) is 5.56 Å². The van der Waals surface area contributed by atoms with Crippen LogP contribution in [-0.2, 0) is 4.79 Å². The Balaban J connectivity index is 1.36. The van der Waals surface area contributed by atoms with Gasteiger partial charge in [0, 0.05) is 35.2 Å². The molecule has 8 heteroatoms. The molecule has 30 heavy (non-hydrogen) atoms. The molecule has 0 aliphatic rings. The van der Waals surface area contributed by atoms with Gasteiger partial charge in [-0.1, -0.05) is 23.7 Å². The van der Waals surface area contributed by atoms with Gasteiger partial charge in [0.05, 0.1) is 0 Å². The highest BCUT2D eigenvalue weighted by atomic mass is 35.5. The highest BCUT2D eigenvalue weighted by Crippen LogP contribution is 2.22. The van der Waals surface area contributed by atoms with Gasteiger partial charge in [-0.3, -0.25) is 9.36 Å². The summed E-state index contributed by atoms with van der Waals surface area (Å²) >= 11 is 5.85. The number of hydrogen-bond acceptors (Lipinski definition) is 5. The van der Waals surface area contributed by atoms with Crippen molar-refractivity contribution in [2.24, 2.45) is 0 Å². The largest absolute Gasteiger partial charge is 0.439 e. The van der Waals surface area contributed by atoms with Crippen LogP contribution in [0.5, 0.6) is 11.6 Å². The molecule has 1 N–H and O–H groups in total. The molecule has 4 rings (SSSR count). The van der Waals surface area contributed by atoms with Crippen LogP contribution in [-0.4, -0.2) is 25.4 Å². The van der Waals surface area contributed by atoms with E-state index in [1.807, 2.05) is 12.1 Å². The topological polar surface area (TPSA) is 81.9 Å². The predicted octanol–water partition coefficient (Wildman–Crippen LogP) is 4.76. The van der Waals surface area contributed by atoms with Gasteiger partial charge in [-0.15, -0.1) is 0 Å². The van der Waals surface area contributed by atoms with E-state index in [9.17, 15) is 4.79 Å². The van der Waals surface area contributed by atoms with E-state index in [4.69, 9.17) is 16.3 Å². The maximum Gasteiger partial charge on any atom is 0.248 e. The molecule has 148 valence electrons. The number of aromatic nitrogens is 4. The molecule has 0 bridgehead atoms. The van der Waals surface area contributed by atoms with Gasteiger partial charge in [-0.05, 0) is 48.0 Å². The number of benzene rings is 2. The van der Waals surface area contributed by atoms with Crippen LogP contribution in [0.15, 0.2) is 85.7 Å². The Bertz CT molecular complexity index is 1160. The van der Waals surface area contributed by atoms with Gasteiger partial charge in [-0.2, -0.15) is 0 Å². The molecule has 0 saturated carbocycles. The number of carbonyl (C=O) groups is 1. The first kappa shape index (κ1) is 19.4. The van der Waals surface area contributed by atoms with E-state index in [0.717, 1.165) is 5.56 Å². The summed E-state index contributed by atoms with van der Waals surface area (Å²) in [7, 11) is 0. The number of amides is 1. The monoisotopic (exact) mass is 417 g/mol. The van der Waals surface area contributed by atoms with Gasteiger partial charge in [0.2, 0.25) is 11.8 Å². The Morgan fingerprint density at radius 3 is 2.60 bits per heavy atom. The van der Waals surface area contributed by atoms with E-state index in [1.54, 1.807) is 71.8 Å². The molecule has 0 atom stereocenters. The van der Waals surface area contributed by atoms with E-state index in [2.05, 4.69) is 20.3 Å². The number of nitrogens with one attached hydrogen (secondary N) is 1. The molecule has 4 aromatic rings. The molecule has 7 nitrogen and oxygen atoms in total. The lowest BCUT2D eigenvalue weighted by Gasteiger charge is -2.07. The number of halogens is 1. The van der Waals surface area contributed by atoms with Crippen LogP contribution in [0.4, 0.5) is 5.69 Å². The molecular weight excluding hydrogens is 402 g/mol. The SMILES string of the molecule is O=C(/C=C/c1ccc(Cl)cc1)Nc1ccc(Oc2cc(-n3ccnc3)ncn2)cc1. The van der Waals surface area contributed by atoms with Crippen molar-refractivity contribution >= 4 is 29.3 Å². The van der Waals surface area contributed by atoms with Crippen LogP contribution in [0.25, 0.3) is 11.9 Å². The zero-order chi connectivity index (χ0) is 20.8. The van der Waals surface area contributed by atoms with Gasteiger partial charge < -0.3 is 10.1 Å². The zero-order valence-corrected chi connectivity index (χ0v) is 16.4. The highest BCUT2D eigenvalue weighted by molar-refractivity contribution is 6.30. The summed E-state index contributed by atoms with van der Waals surface area (Å²) in [6.07, 6.45) is 9.70. The lowest BCUT2D eigenvalue weighted by molar-refractivity contribution is -0.111. The van der Waals surface area contributed by atoms with Crippen molar-refractivity contribution in [3.8, 4) is 17.4 Å². The van der Waals surface area contributed by atoms with Crippen LogP contribution >= 0.6 is 11.6 Å². The lowest BCUT2D eigenvalue weighted by Crippen LogP contribution is -2.07. The van der Waals surface area contributed by atoms with Crippen LogP contribution < -0.4 is 10.1 Å². The van der Waals surface area contributed by atoms with Crippen LogP contribution in [0, 0.1) is 0 Å². The Morgan fingerprint density at radius 1 is 1.07 bits per heavy atom. The van der Waals surface area contributed by atoms with E-state index >= 15 is 0 Å². The third-order valence-corrected chi connectivity index (χ3v) is 4.29. The van der Waals surface area contributed by atoms with Crippen molar-refractivity contribution in [2.45, 2.75) is 0 Å². The summed E-state index contributed by atoms with van der Waals surface area (Å²) in [6.45, 7) is 0. The maximum absolute atomic E-state index is 12.1. The van der Waals surface area contributed by atoms with Crippen molar-refractivity contribution in [3.05, 3.63) is 96.3 Å². The van der Waals surface area contributed by atoms with Gasteiger partial charge in [0.25, 0.3) is 0 Å². The normalized spacial score (nSPS) is 10.8. The number of carbonyl (C=O) groups excluding carboxylic acids is 1. The van der Waals surface area contributed by atoms with Gasteiger partial charge in [0.1, 0.15) is 24.2 Å². The minimum Gasteiger partial charge on any atom is -0.439 e. The summed E-state index contributed by atoms with van der Waals surface area (Å²) in [5.74, 6) is 1.39. The summed E-state index contributed by atoms with van der Waals surface area (Å²) in [6, 6.07) is 15.9. The number of nitrogens with zero attached hydrogens (tertiary/aromatic N) is 4. The highest BCUT2D eigenvalue weighted by Gasteiger charge is 2.04. The summed E-state index contributed by atoms with van der Waals surface area (Å²) in [4.78, 5) is 24.4. The van der Waals surface area contributed by atoms with Crippen molar-refractivity contribution in [1.82, 2.24) is 19.5 Å². The summed E-state index contributed by atoms with van der Waals surface area (Å²) < 4.78 is 7.52. The first-order chi connectivity index (χ1) is 14.7. The Kier molecular flexibility index (Phi) is 5.82. The third kappa shape index (κ3) is 5.09. The van der Waals surface area contributed by atoms with Crippen LogP contribution in [0.2, 0.25) is 5.02 Å². The fourth-order valence-electron chi connectivity index (χ4n) is 2.58. The molecule has 0 fully saturated rings. The van der Waals surface area contributed by atoms with E-state index in [1.165, 1.54) is 12.4 Å². The zero-order valence-electron chi connectivity index (χ0n) is 15.6. The van der Waals surface area contributed by atoms with Crippen molar-refractivity contribution in [3.63, 3.8) is 0 Å². The molecule has 2 aromatic heterocycles. The van der Waals surface area contributed by atoms with Crippen molar-refractivity contribution < 1.29 is 9.53 Å². The summed E-state index contributed by atoms with van der Waals surface area (Å²) in [5, 5.41) is 3.45. The summed E-state index contributed by atoms with van der Waals surface area (Å²) in [5.41, 5.74) is 1.54. The quantitative estimate of drug-likeness (QED) is 0.457. The standard InChI is InChI=1S/C22H16ClN5O2/c23-17-4-1-16(2-5-17)3-10-21(29)27-18-6-8-19(9-7-18)30-22-13-20(25-14-26-22)28-12-11-24-15-28/h1-15H,(H,27,29)/b10-3+. The Hall–Kier alpha value is -3.97. The van der Waals surface area contributed by atoms with Gasteiger partial charge in [0.15, 0.2) is 0 Å². The first-order valence-corrected chi connectivity index (χ1v) is 9.36.